The van der Waals surface area contributed by atoms with Gasteiger partial charge in [0.15, 0.2) is 5.75 Å². The summed E-state index contributed by atoms with van der Waals surface area (Å²) in [5.41, 5.74) is 1.97. The SMILES string of the molecule is CCCn1cc(Oc2cc(C)nc(C)c2C#N)cn1. The monoisotopic (exact) mass is 256 g/mol. The molecule has 0 amide bonds. The van der Waals surface area contributed by atoms with Crippen molar-refractivity contribution in [2.24, 2.45) is 0 Å². The molecule has 0 atom stereocenters. The van der Waals surface area contributed by atoms with Gasteiger partial charge in [0.25, 0.3) is 0 Å². The summed E-state index contributed by atoms with van der Waals surface area (Å²) in [7, 11) is 0. The number of nitrogens with zero attached hydrogens (tertiary/aromatic N) is 4. The fourth-order valence-corrected chi connectivity index (χ4v) is 1.89. The van der Waals surface area contributed by atoms with E-state index in [1.54, 1.807) is 19.2 Å². The van der Waals surface area contributed by atoms with Gasteiger partial charge in [-0.2, -0.15) is 10.4 Å². The second-order valence-electron chi connectivity index (χ2n) is 4.38. The van der Waals surface area contributed by atoms with Crippen LogP contribution in [-0.2, 0) is 6.54 Å². The second-order valence-corrected chi connectivity index (χ2v) is 4.38. The Bertz CT molecular complexity index is 625. The van der Waals surface area contributed by atoms with Gasteiger partial charge in [-0.1, -0.05) is 6.92 Å². The quantitative estimate of drug-likeness (QED) is 0.843. The van der Waals surface area contributed by atoms with E-state index in [0.717, 1.165) is 18.7 Å². The van der Waals surface area contributed by atoms with Crippen molar-refractivity contribution >= 4 is 0 Å². The van der Waals surface area contributed by atoms with Crippen molar-refractivity contribution in [3.05, 3.63) is 35.4 Å². The maximum Gasteiger partial charge on any atom is 0.165 e. The van der Waals surface area contributed by atoms with Gasteiger partial charge in [0.2, 0.25) is 0 Å². The van der Waals surface area contributed by atoms with E-state index in [-0.39, 0.29) is 0 Å². The van der Waals surface area contributed by atoms with Gasteiger partial charge in [-0.25, -0.2) is 0 Å². The third-order valence-electron chi connectivity index (χ3n) is 2.69. The van der Waals surface area contributed by atoms with Crippen LogP contribution in [0, 0.1) is 25.2 Å². The molecule has 0 unspecified atom stereocenters. The third kappa shape index (κ3) is 2.91. The lowest BCUT2D eigenvalue weighted by atomic mass is 10.2. The molecule has 0 bridgehead atoms. The number of pyridine rings is 1. The zero-order valence-electron chi connectivity index (χ0n) is 11.3. The Morgan fingerprint density at radius 1 is 1.42 bits per heavy atom. The zero-order valence-corrected chi connectivity index (χ0v) is 11.3. The molecule has 2 aromatic heterocycles. The van der Waals surface area contributed by atoms with Crippen LogP contribution >= 0.6 is 0 Å². The van der Waals surface area contributed by atoms with Crippen LogP contribution in [0.2, 0.25) is 0 Å². The molecule has 0 spiro atoms. The maximum atomic E-state index is 9.17. The van der Waals surface area contributed by atoms with Crippen LogP contribution in [0.25, 0.3) is 0 Å². The van der Waals surface area contributed by atoms with Crippen LogP contribution in [0.15, 0.2) is 18.5 Å². The van der Waals surface area contributed by atoms with Crippen LogP contribution in [0.4, 0.5) is 0 Å². The first kappa shape index (κ1) is 13.1. The van der Waals surface area contributed by atoms with Crippen LogP contribution in [0.3, 0.4) is 0 Å². The number of aryl methyl sites for hydroxylation is 3. The molecule has 0 saturated heterocycles. The average Bonchev–Trinajstić information content (AvgIpc) is 2.76. The molecule has 2 heterocycles. The predicted molar refractivity (Wildman–Crippen MR) is 71.0 cm³/mol. The van der Waals surface area contributed by atoms with Crippen LogP contribution in [0.5, 0.6) is 11.5 Å². The molecular formula is C14H16N4O. The van der Waals surface area contributed by atoms with Crippen molar-refractivity contribution in [2.75, 3.05) is 0 Å². The summed E-state index contributed by atoms with van der Waals surface area (Å²) in [4.78, 5) is 4.26. The zero-order chi connectivity index (χ0) is 13.8. The highest BCUT2D eigenvalue weighted by molar-refractivity contribution is 5.48. The number of hydrogen-bond acceptors (Lipinski definition) is 4. The van der Waals surface area contributed by atoms with Gasteiger partial charge in [0, 0.05) is 18.3 Å². The Hall–Kier alpha value is -2.35. The Morgan fingerprint density at radius 3 is 2.89 bits per heavy atom. The fourth-order valence-electron chi connectivity index (χ4n) is 1.89. The van der Waals surface area contributed by atoms with Crippen LogP contribution in [0.1, 0.15) is 30.3 Å². The number of ether oxygens (including phenoxy) is 1. The first-order valence-corrected chi connectivity index (χ1v) is 6.22. The summed E-state index contributed by atoms with van der Waals surface area (Å²) in [6, 6.07) is 3.90. The Morgan fingerprint density at radius 2 is 2.21 bits per heavy atom. The van der Waals surface area contributed by atoms with E-state index in [9.17, 15) is 0 Å². The summed E-state index contributed by atoms with van der Waals surface area (Å²) < 4.78 is 7.56. The lowest BCUT2D eigenvalue weighted by Crippen LogP contribution is -1.97. The smallest absolute Gasteiger partial charge is 0.165 e. The average molecular weight is 256 g/mol. The van der Waals surface area contributed by atoms with Crippen molar-refractivity contribution in [1.29, 1.82) is 5.26 Å². The second kappa shape index (κ2) is 5.53. The van der Waals surface area contributed by atoms with Crippen molar-refractivity contribution in [2.45, 2.75) is 33.7 Å². The largest absolute Gasteiger partial charge is 0.453 e. The van der Waals surface area contributed by atoms with Gasteiger partial charge >= 0.3 is 0 Å². The molecule has 2 rings (SSSR count). The molecule has 0 N–H and O–H groups in total. The van der Waals surface area contributed by atoms with Gasteiger partial charge in [-0.3, -0.25) is 9.67 Å². The highest BCUT2D eigenvalue weighted by Crippen LogP contribution is 2.26. The summed E-state index contributed by atoms with van der Waals surface area (Å²) in [6.45, 7) is 6.62. The molecule has 19 heavy (non-hydrogen) atoms. The van der Waals surface area contributed by atoms with Crippen molar-refractivity contribution in [3.8, 4) is 17.6 Å². The molecule has 98 valence electrons. The highest BCUT2D eigenvalue weighted by Gasteiger charge is 2.11. The molecule has 0 aromatic carbocycles. The van der Waals surface area contributed by atoms with Crippen molar-refractivity contribution < 1.29 is 4.74 Å². The van der Waals surface area contributed by atoms with Gasteiger partial charge in [-0.15, -0.1) is 0 Å². The Labute approximate surface area is 112 Å². The third-order valence-corrected chi connectivity index (χ3v) is 2.69. The molecule has 0 fully saturated rings. The molecule has 0 saturated carbocycles. The molecule has 0 aliphatic rings. The van der Waals surface area contributed by atoms with Crippen molar-refractivity contribution in [3.63, 3.8) is 0 Å². The molecule has 5 nitrogen and oxygen atoms in total. The molecular weight excluding hydrogens is 240 g/mol. The van der Waals surface area contributed by atoms with E-state index >= 15 is 0 Å². The normalized spacial score (nSPS) is 10.2. The van der Waals surface area contributed by atoms with E-state index < -0.39 is 0 Å². The minimum absolute atomic E-state index is 0.467. The van der Waals surface area contributed by atoms with E-state index in [0.29, 0.717) is 22.8 Å². The van der Waals surface area contributed by atoms with Gasteiger partial charge in [0.05, 0.1) is 18.1 Å². The first-order valence-electron chi connectivity index (χ1n) is 6.22. The molecule has 2 aromatic rings. The minimum Gasteiger partial charge on any atom is -0.453 e. The lowest BCUT2D eigenvalue weighted by molar-refractivity contribution is 0.477. The standard InChI is InChI=1S/C14H16N4O/c1-4-5-18-9-12(8-16-18)19-14-6-10(2)17-11(3)13(14)7-15/h6,8-9H,4-5H2,1-3H3. The maximum absolute atomic E-state index is 9.17. The number of rotatable bonds is 4. The molecule has 0 radical (unpaired) electrons. The predicted octanol–water partition coefficient (Wildman–Crippen LogP) is 2.97. The molecule has 0 aliphatic carbocycles. The van der Waals surface area contributed by atoms with E-state index in [1.807, 2.05) is 17.8 Å². The van der Waals surface area contributed by atoms with E-state index in [1.165, 1.54) is 0 Å². The van der Waals surface area contributed by atoms with Crippen LogP contribution in [-0.4, -0.2) is 14.8 Å². The number of nitriles is 1. The van der Waals surface area contributed by atoms with Gasteiger partial charge in [0.1, 0.15) is 17.4 Å². The first-order chi connectivity index (χ1) is 9.13. The van der Waals surface area contributed by atoms with Crippen molar-refractivity contribution in [1.82, 2.24) is 14.8 Å². The van der Waals surface area contributed by atoms with Crippen LogP contribution < -0.4 is 4.74 Å². The summed E-state index contributed by atoms with van der Waals surface area (Å²) in [6.07, 6.45) is 4.50. The molecule has 0 aliphatic heterocycles. The van der Waals surface area contributed by atoms with E-state index in [2.05, 4.69) is 23.1 Å². The fraction of sp³-hybridized carbons (Fsp3) is 0.357. The Kier molecular flexibility index (Phi) is 3.81. The van der Waals surface area contributed by atoms with Gasteiger partial charge in [-0.05, 0) is 20.3 Å². The number of aromatic nitrogens is 3. The summed E-state index contributed by atoms with van der Waals surface area (Å²) in [5.74, 6) is 1.17. The molecule has 5 heteroatoms. The lowest BCUT2D eigenvalue weighted by Gasteiger charge is -2.07. The summed E-state index contributed by atoms with van der Waals surface area (Å²) >= 11 is 0. The number of hydrogen-bond donors (Lipinski definition) is 0. The topological polar surface area (TPSA) is 63.7 Å². The van der Waals surface area contributed by atoms with E-state index in [4.69, 9.17) is 10.00 Å². The highest BCUT2D eigenvalue weighted by atomic mass is 16.5. The van der Waals surface area contributed by atoms with Gasteiger partial charge < -0.3 is 4.74 Å². The Balaban J connectivity index is 2.29. The summed E-state index contributed by atoms with van der Waals surface area (Å²) in [5, 5.41) is 13.4. The minimum atomic E-state index is 0.467.